The van der Waals surface area contributed by atoms with E-state index in [0.29, 0.717) is 59.6 Å². The van der Waals surface area contributed by atoms with Crippen molar-refractivity contribution in [3.05, 3.63) is 72.4 Å². The second-order valence-corrected chi connectivity index (χ2v) is 9.77. The highest BCUT2D eigenvalue weighted by atomic mass is 16.5. The molecule has 10 nitrogen and oxygen atoms in total. The van der Waals surface area contributed by atoms with Gasteiger partial charge in [-0.25, -0.2) is 14.8 Å². The Bertz CT molecular complexity index is 1440. The normalized spacial score (nSPS) is 14.6. The second-order valence-electron chi connectivity index (χ2n) is 9.77. The first kappa shape index (κ1) is 26.0. The summed E-state index contributed by atoms with van der Waals surface area (Å²) in [6.07, 6.45) is 3.23. The summed E-state index contributed by atoms with van der Waals surface area (Å²) in [7, 11) is 5.15. The number of hydrogen-bond donors (Lipinski definition) is 2. The summed E-state index contributed by atoms with van der Waals surface area (Å²) in [5.74, 6) is 2.59. The predicted octanol–water partition coefficient (Wildman–Crippen LogP) is 4.33. The maximum atomic E-state index is 12.9. The third-order valence-corrected chi connectivity index (χ3v) is 7.39. The number of fused-ring (bicyclic) bond motifs is 1. The number of hydrogen-bond acceptors (Lipinski definition) is 8. The van der Waals surface area contributed by atoms with Gasteiger partial charge in [-0.05, 0) is 36.6 Å². The Morgan fingerprint density at radius 2 is 1.72 bits per heavy atom. The van der Waals surface area contributed by atoms with E-state index in [1.165, 1.54) is 5.56 Å². The lowest BCUT2D eigenvalue weighted by atomic mass is 9.72. The lowest BCUT2D eigenvalue weighted by Gasteiger charge is -2.44. The molecule has 10 heteroatoms. The van der Waals surface area contributed by atoms with E-state index in [1.54, 1.807) is 32.5 Å². The summed E-state index contributed by atoms with van der Waals surface area (Å²) in [5.41, 5.74) is 8.07. The van der Waals surface area contributed by atoms with Crippen molar-refractivity contribution in [2.24, 2.45) is 0 Å². The smallest absolute Gasteiger partial charge is 0.323 e. The molecule has 3 heterocycles. The minimum Gasteiger partial charge on any atom is -0.493 e. The van der Waals surface area contributed by atoms with Crippen LogP contribution in [0, 0.1) is 0 Å². The van der Waals surface area contributed by atoms with Crippen molar-refractivity contribution in [3.8, 4) is 11.5 Å². The fourth-order valence-electron chi connectivity index (χ4n) is 5.25. The third-order valence-electron chi connectivity index (χ3n) is 7.39. The lowest BCUT2D eigenvalue weighted by Crippen LogP contribution is -2.51. The number of nitrogen functional groups attached to an aromatic ring is 1. The van der Waals surface area contributed by atoms with E-state index >= 15 is 0 Å². The quantitative estimate of drug-likeness (QED) is 0.365. The lowest BCUT2D eigenvalue weighted by molar-refractivity contribution is 0.169. The number of piperidine rings is 1. The fourth-order valence-corrected chi connectivity index (χ4v) is 5.25. The molecule has 3 N–H and O–H groups in total. The molecule has 0 radical (unpaired) electrons. The highest BCUT2D eigenvalue weighted by Gasteiger charge is 2.39. The summed E-state index contributed by atoms with van der Waals surface area (Å²) in [5, 5.41) is 3.60. The number of nitrogens with zero attached hydrogens (tertiary/aromatic N) is 5. The van der Waals surface area contributed by atoms with Crippen molar-refractivity contribution < 1.29 is 14.3 Å². The Hall–Kier alpha value is -4.60. The van der Waals surface area contributed by atoms with Crippen LogP contribution in [0.3, 0.4) is 0 Å². The number of carbonyl (C=O) groups is 1. The number of amides is 2. The van der Waals surface area contributed by atoms with E-state index in [4.69, 9.17) is 20.2 Å². The molecule has 0 aliphatic carbocycles. The van der Waals surface area contributed by atoms with Crippen LogP contribution in [0.1, 0.15) is 18.4 Å². The monoisotopic (exact) mass is 527 g/mol. The van der Waals surface area contributed by atoms with Gasteiger partial charge in [0.2, 0.25) is 5.95 Å². The number of anilines is 3. The van der Waals surface area contributed by atoms with Crippen LogP contribution in [0.25, 0.3) is 10.9 Å². The van der Waals surface area contributed by atoms with E-state index in [2.05, 4.69) is 39.6 Å². The van der Waals surface area contributed by atoms with Gasteiger partial charge in [0.15, 0.2) is 11.5 Å². The average molecular weight is 528 g/mol. The van der Waals surface area contributed by atoms with Crippen LogP contribution in [-0.4, -0.2) is 66.8 Å². The Morgan fingerprint density at radius 1 is 1.03 bits per heavy atom. The largest absolute Gasteiger partial charge is 0.493 e. The molecular weight excluding hydrogens is 494 g/mol. The number of benzene rings is 2. The summed E-state index contributed by atoms with van der Waals surface area (Å²) in [6.45, 7) is 1.88. The number of likely N-dealkylation sites (tertiary alicyclic amines) is 1. The molecule has 1 aliphatic rings. The number of nitrogens with two attached hydrogens (primary N) is 1. The highest BCUT2D eigenvalue weighted by Crippen LogP contribution is 2.38. The molecule has 1 fully saturated rings. The van der Waals surface area contributed by atoms with Gasteiger partial charge in [-0.3, -0.25) is 5.32 Å². The molecule has 39 heavy (non-hydrogen) atoms. The molecule has 0 bridgehead atoms. The maximum absolute atomic E-state index is 12.9. The summed E-state index contributed by atoms with van der Waals surface area (Å²) < 4.78 is 10.9. The molecule has 1 saturated heterocycles. The average Bonchev–Trinajstić information content (AvgIpc) is 2.97. The molecule has 2 amide bonds. The molecule has 0 atom stereocenters. The second kappa shape index (κ2) is 11.0. The zero-order valence-electron chi connectivity index (χ0n) is 22.4. The van der Waals surface area contributed by atoms with Crippen LogP contribution < -0.4 is 25.4 Å². The number of rotatable bonds is 7. The zero-order chi connectivity index (χ0) is 27.4. The van der Waals surface area contributed by atoms with Crippen LogP contribution in [0.15, 0.2) is 66.9 Å². The predicted molar refractivity (Wildman–Crippen MR) is 153 cm³/mol. The van der Waals surface area contributed by atoms with Gasteiger partial charge in [0.25, 0.3) is 0 Å². The number of nitrogens with one attached hydrogen (secondary N) is 1. The number of methoxy groups -OCH3 is 2. The van der Waals surface area contributed by atoms with E-state index in [1.807, 2.05) is 41.1 Å². The van der Waals surface area contributed by atoms with Crippen molar-refractivity contribution in [1.82, 2.24) is 19.9 Å². The van der Waals surface area contributed by atoms with Crippen molar-refractivity contribution in [2.45, 2.75) is 18.3 Å². The van der Waals surface area contributed by atoms with Gasteiger partial charge in [-0.1, -0.05) is 36.4 Å². The van der Waals surface area contributed by atoms with Crippen molar-refractivity contribution in [1.29, 1.82) is 0 Å². The Balaban J connectivity index is 1.39. The van der Waals surface area contributed by atoms with Crippen LogP contribution in [-0.2, 0) is 5.41 Å². The van der Waals surface area contributed by atoms with Gasteiger partial charge in [0, 0.05) is 49.7 Å². The molecule has 2 aromatic heterocycles. The topological polar surface area (TPSA) is 119 Å². The summed E-state index contributed by atoms with van der Waals surface area (Å²) >= 11 is 0. The number of carbonyl (C=O) groups excluding carboxylic acids is 1. The number of ether oxygens (including phenoxy) is 2. The first-order valence-corrected chi connectivity index (χ1v) is 12.9. The Labute approximate surface area is 227 Å². The Kier molecular flexibility index (Phi) is 7.36. The van der Waals surface area contributed by atoms with Gasteiger partial charge in [-0.2, -0.15) is 4.98 Å². The van der Waals surface area contributed by atoms with Gasteiger partial charge in [0.05, 0.1) is 19.7 Å². The van der Waals surface area contributed by atoms with Crippen molar-refractivity contribution >= 4 is 34.5 Å². The van der Waals surface area contributed by atoms with Gasteiger partial charge in [0.1, 0.15) is 11.6 Å². The van der Waals surface area contributed by atoms with Gasteiger partial charge in [-0.15, -0.1) is 0 Å². The number of urea groups is 1. The Morgan fingerprint density at radius 3 is 2.38 bits per heavy atom. The molecule has 202 valence electrons. The summed E-state index contributed by atoms with van der Waals surface area (Å²) in [6, 6.07) is 19.4. The van der Waals surface area contributed by atoms with Crippen LogP contribution in [0.4, 0.5) is 22.4 Å². The van der Waals surface area contributed by atoms with E-state index in [0.717, 1.165) is 12.8 Å². The van der Waals surface area contributed by atoms with Crippen LogP contribution >= 0.6 is 0 Å². The fraction of sp³-hybridized carbons (Fsp3) is 0.310. The SMILES string of the molecule is COc1cc2nc(N(C)CC3(c4ccccc4)CCN(C(=O)Nc4ccccn4)CC3)nc(N)c2cc1OC. The highest BCUT2D eigenvalue weighted by molar-refractivity contribution is 5.92. The molecule has 0 unspecified atom stereocenters. The van der Waals surface area contributed by atoms with Crippen LogP contribution in [0.2, 0.25) is 0 Å². The standard InChI is InChI=1S/C29H33N7O3/c1-35(27-32-22-18-24(39-3)23(38-2)17-21(22)26(30)34-27)19-29(20-9-5-4-6-10-20)12-15-36(16-13-29)28(37)33-25-11-7-8-14-31-25/h4-11,14,17-18H,12-13,15-16,19H2,1-3H3,(H2,30,32,34)(H,31,33,37). The van der Waals surface area contributed by atoms with Gasteiger partial charge < -0.3 is 25.0 Å². The molecule has 4 aromatic rings. The zero-order valence-corrected chi connectivity index (χ0v) is 22.4. The van der Waals surface area contributed by atoms with Crippen molar-refractivity contribution in [3.63, 3.8) is 0 Å². The minimum atomic E-state index is -0.206. The van der Waals surface area contributed by atoms with Crippen LogP contribution in [0.5, 0.6) is 11.5 Å². The van der Waals surface area contributed by atoms with E-state index in [-0.39, 0.29) is 11.4 Å². The molecule has 2 aromatic carbocycles. The van der Waals surface area contributed by atoms with Gasteiger partial charge >= 0.3 is 6.03 Å². The maximum Gasteiger partial charge on any atom is 0.323 e. The first-order valence-electron chi connectivity index (χ1n) is 12.9. The molecular formula is C29H33N7O3. The third kappa shape index (κ3) is 5.36. The van der Waals surface area contributed by atoms with E-state index < -0.39 is 0 Å². The summed E-state index contributed by atoms with van der Waals surface area (Å²) in [4.78, 5) is 30.5. The molecule has 0 spiro atoms. The number of pyridine rings is 1. The molecule has 1 aliphatic heterocycles. The molecule has 5 rings (SSSR count). The number of aromatic nitrogens is 3. The van der Waals surface area contributed by atoms with Crippen molar-refractivity contribution in [2.75, 3.05) is 56.9 Å². The minimum absolute atomic E-state index is 0.140. The first-order chi connectivity index (χ1) is 18.9. The number of likely N-dealkylation sites (N-methyl/N-ethyl adjacent to an activating group) is 1. The molecule has 0 saturated carbocycles. The van der Waals surface area contributed by atoms with E-state index in [9.17, 15) is 4.79 Å².